The fourth-order valence-corrected chi connectivity index (χ4v) is 4.18. The molecule has 0 radical (unpaired) electrons. The number of para-hydroxylation sites is 1. The van der Waals surface area contributed by atoms with E-state index < -0.39 is 9.84 Å². The highest BCUT2D eigenvalue weighted by molar-refractivity contribution is 7.91. The molecule has 3 nitrogen and oxygen atoms in total. The Kier molecular flexibility index (Phi) is 3.51. The molecular weight excluding hydrogens is 306 g/mol. The van der Waals surface area contributed by atoms with Crippen LogP contribution >= 0.6 is 11.6 Å². The third kappa shape index (κ3) is 2.57. The molecule has 3 aromatic rings. The number of hydrogen-bond acceptors (Lipinski definition) is 2. The van der Waals surface area contributed by atoms with Gasteiger partial charge in [0.05, 0.1) is 5.52 Å². The van der Waals surface area contributed by atoms with Crippen LogP contribution in [0.4, 0.5) is 0 Å². The molecule has 0 unspecified atom stereocenters. The molecule has 0 aliphatic rings. The molecular formula is C16H14ClNO2S. The second-order valence-electron chi connectivity index (χ2n) is 4.98. The molecule has 0 saturated heterocycles. The normalized spacial score (nSPS) is 11.9. The number of sulfone groups is 1. The molecule has 0 atom stereocenters. The monoisotopic (exact) mass is 319 g/mol. The van der Waals surface area contributed by atoms with Crippen LogP contribution in [0.5, 0.6) is 0 Å². The van der Waals surface area contributed by atoms with Crippen molar-refractivity contribution in [3.8, 4) is 0 Å². The smallest absolute Gasteiger partial charge is 0.179 e. The lowest BCUT2D eigenvalue weighted by Crippen LogP contribution is -2.01. The highest BCUT2D eigenvalue weighted by Gasteiger charge is 2.22. The molecule has 21 heavy (non-hydrogen) atoms. The molecule has 5 heteroatoms. The van der Waals surface area contributed by atoms with E-state index in [9.17, 15) is 8.42 Å². The highest BCUT2D eigenvalue weighted by Crippen LogP contribution is 2.34. The SMILES string of the molecule is CS(=O)(=O)c1c(Cl)n(Cc2ccccc2)c2ccccc12. The lowest BCUT2D eigenvalue weighted by atomic mass is 10.2. The Bertz CT molecular complexity index is 899. The molecule has 0 aliphatic carbocycles. The first-order valence-electron chi connectivity index (χ1n) is 6.49. The first-order chi connectivity index (χ1) is 9.98. The van der Waals surface area contributed by atoms with E-state index in [0.717, 1.165) is 11.1 Å². The summed E-state index contributed by atoms with van der Waals surface area (Å²) in [6.45, 7) is 0.537. The summed E-state index contributed by atoms with van der Waals surface area (Å²) in [6, 6.07) is 17.2. The van der Waals surface area contributed by atoms with Gasteiger partial charge in [-0.25, -0.2) is 8.42 Å². The lowest BCUT2D eigenvalue weighted by molar-refractivity contribution is 0.602. The Morgan fingerprint density at radius 3 is 2.29 bits per heavy atom. The summed E-state index contributed by atoms with van der Waals surface area (Å²) in [7, 11) is -3.38. The Morgan fingerprint density at radius 1 is 1.00 bits per heavy atom. The van der Waals surface area contributed by atoms with Gasteiger partial charge in [-0.15, -0.1) is 0 Å². The highest BCUT2D eigenvalue weighted by atomic mass is 35.5. The van der Waals surface area contributed by atoms with Crippen molar-refractivity contribution in [1.82, 2.24) is 4.57 Å². The zero-order chi connectivity index (χ0) is 15.0. The van der Waals surface area contributed by atoms with Crippen LogP contribution in [0.2, 0.25) is 5.15 Å². The molecule has 0 saturated carbocycles. The van der Waals surface area contributed by atoms with E-state index in [1.807, 2.05) is 53.1 Å². The fraction of sp³-hybridized carbons (Fsp3) is 0.125. The van der Waals surface area contributed by atoms with Crippen LogP contribution < -0.4 is 0 Å². The average Bonchev–Trinajstić information content (AvgIpc) is 2.73. The minimum Gasteiger partial charge on any atom is -0.326 e. The third-order valence-corrected chi connectivity index (χ3v) is 5.08. The average molecular weight is 320 g/mol. The van der Waals surface area contributed by atoms with Gasteiger partial charge in [-0.3, -0.25) is 0 Å². The number of hydrogen-bond donors (Lipinski definition) is 0. The van der Waals surface area contributed by atoms with Gasteiger partial charge in [0, 0.05) is 18.2 Å². The van der Waals surface area contributed by atoms with Crippen LogP contribution in [-0.2, 0) is 16.4 Å². The Morgan fingerprint density at radius 2 is 1.62 bits per heavy atom. The quantitative estimate of drug-likeness (QED) is 0.737. The van der Waals surface area contributed by atoms with Crippen molar-refractivity contribution < 1.29 is 8.42 Å². The number of benzene rings is 2. The topological polar surface area (TPSA) is 39.1 Å². The molecule has 1 aromatic heterocycles. The summed E-state index contributed by atoms with van der Waals surface area (Å²) < 4.78 is 25.9. The van der Waals surface area contributed by atoms with Gasteiger partial charge in [-0.1, -0.05) is 60.1 Å². The van der Waals surface area contributed by atoms with Crippen LogP contribution in [0, 0.1) is 0 Å². The number of halogens is 1. The standard InChI is InChI=1S/C16H14ClNO2S/c1-21(19,20)15-13-9-5-6-10-14(13)18(16(15)17)11-12-7-3-2-4-8-12/h2-10H,11H2,1H3. The van der Waals surface area contributed by atoms with Gasteiger partial charge < -0.3 is 4.57 Å². The molecule has 0 amide bonds. The van der Waals surface area contributed by atoms with E-state index >= 15 is 0 Å². The zero-order valence-corrected chi connectivity index (χ0v) is 13.0. The number of fused-ring (bicyclic) bond motifs is 1. The Balaban J connectivity index is 2.26. The Hall–Kier alpha value is -1.78. The fourth-order valence-electron chi connectivity index (χ4n) is 2.51. The van der Waals surface area contributed by atoms with E-state index in [1.165, 1.54) is 6.26 Å². The lowest BCUT2D eigenvalue weighted by Gasteiger charge is -2.07. The summed E-state index contributed by atoms with van der Waals surface area (Å²) in [5, 5.41) is 0.934. The summed E-state index contributed by atoms with van der Waals surface area (Å²) in [5.74, 6) is 0. The second-order valence-corrected chi connectivity index (χ2v) is 7.29. The maximum atomic E-state index is 12.0. The van der Waals surface area contributed by atoms with Gasteiger partial charge in [-0.05, 0) is 11.6 Å². The van der Waals surface area contributed by atoms with Crippen molar-refractivity contribution in [2.45, 2.75) is 11.4 Å². The molecule has 2 aromatic carbocycles. The number of nitrogens with zero attached hydrogens (tertiary/aromatic N) is 1. The van der Waals surface area contributed by atoms with Gasteiger partial charge in [0.25, 0.3) is 0 Å². The van der Waals surface area contributed by atoms with Crippen LogP contribution in [0.15, 0.2) is 59.5 Å². The summed E-state index contributed by atoms with van der Waals surface area (Å²) in [4.78, 5) is 0.204. The molecule has 1 heterocycles. The zero-order valence-electron chi connectivity index (χ0n) is 11.5. The second kappa shape index (κ2) is 5.20. The van der Waals surface area contributed by atoms with Crippen molar-refractivity contribution in [2.24, 2.45) is 0 Å². The minimum atomic E-state index is -3.38. The third-order valence-electron chi connectivity index (χ3n) is 3.42. The van der Waals surface area contributed by atoms with E-state index in [0.29, 0.717) is 11.9 Å². The number of rotatable bonds is 3. The first-order valence-corrected chi connectivity index (χ1v) is 8.76. The number of aromatic nitrogens is 1. The predicted octanol–water partition coefficient (Wildman–Crippen LogP) is 3.75. The van der Waals surface area contributed by atoms with E-state index in [-0.39, 0.29) is 10.0 Å². The molecule has 0 aliphatic heterocycles. The molecule has 0 spiro atoms. The Labute approximate surface area is 128 Å². The van der Waals surface area contributed by atoms with Crippen molar-refractivity contribution >= 4 is 32.3 Å². The molecule has 3 rings (SSSR count). The summed E-state index contributed by atoms with van der Waals surface area (Å²) in [5.41, 5.74) is 1.90. The van der Waals surface area contributed by atoms with Crippen LogP contribution in [0.3, 0.4) is 0 Å². The van der Waals surface area contributed by atoms with Gasteiger partial charge in [0.2, 0.25) is 0 Å². The van der Waals surface area contributed by atoms with Crippen molar-refractivity contribution in [3.63, 3.8) is 0 Å². The van der Waals surface area contributed by atoms with E-state index in [2.05, 4.69) is 0 Å². The largest absolute Gasteiger partial charge is 0.326 e. The van der Waals surface area contributed by atoms with Gasteiger partial charge in [0.1, 0.15) is 10.0 Å². The first kappa shape index (κ1) is 14.2. The molecule has 0 N–H and O–H groups in total. The van der Waals surface area contributed by atoms with Crippen molar-refractivity contribution in [3.05, 3.63) is 65.3 Å². The van der Waals surface area contributed by atoms with Crippen molar-refractivity contribution in [2.75, 3.05) is 6.26 Å². The van der Waals surface area contributed by atoms with Crippen LogP contribution in [0.25, 0.3) is 10.9 Å². The van der Waals surface area contributed by atoms with Gasteiger partial charge in [-0.2, -0.15) is 0 Å². The van der Waals surface area contributed by atoms with E-state index in [1.54, 1.807) is 6.07 Å². The minimum absolute atomic E-state index is 0.204. The van der Waals surface area contributed by atoms with E-state index in [4.69, 9.17) is 11.6 Å². The van der Waals surface area contributed by atoms with Crippen LogP contribution in [-0.4, -0.2) is 19.2 Å². The summed E-state index contributed by atoms with van der Waals surface area (Å²) in [6.07, 6.45) is 1.19. The van der Waals surface area contributed by atoms with Crippen LogP contribution in [0.1, 0.15) is 5.56 Å². The summed E-state index contributed by atoms with van der Waals surface area (Å²) >= 11 is 6.37. The van der Waals surface area contributed by atoms with Gasteiger partial charge >= 0.3 is 0 Å². The van der Waals surface area contributed by atoms with Gasteiger partial charge in [0.15, 0.2) is 9.84 Å². The predicted molar refractivity (Wildman–Crippen MR) is 85.6 cm³/mol. The molecule has 0 bridgehead atoms. The maximum absolute atomic E-state index is 12.0. The molecule has 0 fully saturated rings. The van der Waals surface area contributed by atoms with Crippen molar-refractivity contribution in [1.29, 1.82) is 0 Å². The maximum Gasteiger partial charge on any atom is 0.179 e. The molecule has 108 valence electrons.